The average molecular weight is 324 g/mol. The lowest BCUT2D eigenvalue weighted by Crippen LogP contribution is -2.28. The monoisotopic (exact) mass is 324 g/mol. The Bertz CT molecular complexity index is 821. The van der Waals surface area contributed by atoms with E-state index >= 15 is 0 Å². The maximum absolute atomic E-state index is 12.1. The number of aromatic nitrogens is 5. The van der Waals surface area contributed by atoms with Crippen molar-refractivity contribution in [2.75, 3.05) is 6.54 Å². The summed E-state index contributed by atoms with van der Waals surface area (Å²) in [5.41, 5.74) is 2.43. The number of carbonyl (C=O) groups is 1. The van der Waals surface area contributed by atoms with Crippen LogP contribution in [0.3, 0.4) is 0 Å². The molecule has 0 radical (unpaired) electrons. The van der Waals surface area contributed by atoms with Gasteiger partial charge in [0.1, 0.15) is 11.5 Å². The maximum Gasteiger partial charge on any atom is 0.271 e. The quantitative estimate of drug-likeness (QED) is 0.751. The van der Waals surface area contributed by atoms with E-state index in [1.807, 2.05) is 32.2 Å². The number of nitrogens with one attached hydrogen (secondary N) is 1. The fraction of sp³-hybridized carbons (Fsp3) is 0.294. The Kier molecular flexibility index (Phi) is 4.69. The summed E-state index contributed by atoms with van der Waals surface area (Å²) in [6.45, 7) is 5.86. The van der Waals surface area contributed by atoms with Crippen LogP contribution in [-0.4, -0.2) is 36.8 Å². The number of pyridine rings is 1. The van der Waals surface area contributed by atoms with Crippen LogP contribution in [0.15, 0.2) is 43.0 Å². The van der Waals surface area contributed by atoms with Crippen LogP contribution in [0.4, 0.5) is 0 Å². The Morgan fingerprint density at radius 3 is 2.88 bits per heavy atom. The molecule has 0 aromatic carbocycles. The van der Waals surface area contributed by atoms with Crippen molar-refractivity contribution >= 4 is 5.91 Å². The minimum absolute atomic E-state index is 0.164. The van der Waals surface area contributed by atoms with E-state index in [4.69, 9.17) is 0 Å². The predicted molar refractivity (Wildman–Crippen MR) is 90.4 cm³/mol. The van der Waals surface area contributed by atoms with E-state index in [0.29, 0.717) is 18.8 Å². The first-order chi connectivity index (χ1) is 11.7. The SMILES string of the molecule is CCn1ccc(C(=O)NCCn2c(C)cnc2-c2cccnc2)n1. The Morgan fingerprint density at radius 1 is 1.29 bits per heavy atom. The third-order valence-electron chi connectivity index (χ3n) is 3.79. The molecule has 0 aliphatic carbocycles. The second-order valence-corrected chi connectivity index (χ2v) is 5.43. The molecule has 3 aromatic rings. The first-order valence-electron chi connectivity index (χ1n) is 7.93. The van der Waals surface area contributed by atoms with Gasteiger partial charge >= 0.3 is 0 Å². The molecule has 1 amide bonds. The van der Waals surface area contributed by atoms with Crippen LogP contribution in [0.2, 0.25) is 0 Å². The van der Waals surface area contributed by atoms with Gasteiger partial charge in [0.05, 0.1) is 0 Å². The number of amides is 1. The molecule has 0 aliphatic heterocycles. The van der Waals surface area contributed by atoms with Gasteiger partial charge in [-0.25, -0.2) is 4.98 Å². The van der Waals surface area contributed by atoms with Crippen molar-refractivity contribution in [1.29, 1.82) is 0 Å². The van der Waals surface area contributed by atoms with Crippen molar-refractivity contribution < 1.29 is 4.79 Å². The van der Waals surface area contributed by atoms with E-state index in [1.165, 1.54) is 0 Å². The van der Waals surface area contributed by atoms with Gasteiger partial charge in [-0.05, 0) is 32.0 Å². The van der Waals surface area contributed by atoms with Crippen LogP contribution < -0.4 is 5.32 Å². The van der Waals surface area contributed by atoms with Crippen molar-refractivity contribution in [2.24, 2.45) is 0 Å². The van der Waals surface area contributed by atoms with Gasteiger partial charge < -0.3 is 9.88 Å². The normalized spacial score (nSPS) is 10.8. The fourth-order valence-corrected chi connectivity index (χ4v) is 2.50. The van der Waals surface area contributed by atoms with E-state index < -0.39 is 0 Å². The van der Waals surface area contributed by atoms with Crippen LogP contribution >= 0.6 is 0 Å². The van der Waals surface area contributed by atoms with Gasteiger partial charge in [0, 0.05) is 55.7 Å². The van der Waals surface area contributed by atoms with E-state index in [2.05, 4.69) is 25.0 Å². The summed E-state index contributed by atoms with van der Waals surface area (Å²) in [7, 11) is 0. The predicted octanol–water partition coefficient (Wildman–Crippen LogP) is 1.90. The molecule has 0 fully saturated rings. The van der Waals surface area contributed by atoms with Crippen LogP contribution in [0.1, 0.15) is 23.1 Å². The minimum Gasteiger partial charge on any atom is -0.349 e. The van der Waals surface area contributed by atoms with E-state index in [-0.39, 0.29) is 5.91 Å². The zero-order chi connectivity index (χ0) is 16.9. The maximum atomic E-state index is 12.1. The zero-order valence-corrected chi connectivity index (χ0v) is 13.8. The van der Waals surface area contributed by atoms with Crippen molar-refractivity contribution in [2.45, 2.75) is 26.9 Å². The molecule has 3 rings (SSSR count). The smallest absolute Gasteiger partial charge is 0.271 e. The van der Waals surface area contributed by atoms with E-state index in [1.54, 1.807) is 29.3 Å². The van der Waals surface area contributed by atoms with Gasteiger partial charge in [-0.2, -0.15) is 5.10 Å². The molecule has 0 atom stereocenters. The van der Waals surface area contributed by atoms with Crippen LogP contribution in [0.5, 0.6) is 0 Å². The number of hydrogen-bond donors (Lipinski definition) is 1. The molecule has 3 aromatic heterocycles. The standard InChI is InChI=1S/C17H20N6O/c1-3-22-9-6-15(21-22)17(24)19-8-10-23-13(2)11-20-16(23)14-5-4-7-18-12-14/h4-7,9,11-12H,3,8,10H2,1-2H3,(H,19,24). The Morgan fingerprint density at radius 2 is 2.17 bits per heavy atom. The minimum atomic E-state index is -0.164. The topological polar surface area (TPSA) is 77.6 Å². The molecule has 124 valence electrons. The number of rotatable bonds is 6. The lowest BCUT2D eigenvalue weighted by molar-refractivity contribution is 0.0946. The van der Waals surface area contributed by atoms with Gasteiger partial charge in [-0.3, -0.25) is 14.5 Å². The van der Waals surface area contributed by atoms with Gasteiger partial charge in [0.25, 0.3) is 5.91 Å². The molecule has 0 saturated heterocycles. The van der Waals surface area contributed by atoms with Gasteiger partial charge in [0.15, 0.2) is 0 Å². The third kappa shape index (κ3) is 3.34. The molecule has 0 aliphatic rings. The second kappa shape index (κ2) is 7.08. The highest BCUT2D eigenvalue weighted by molar-refractivity contribution is 5.92. The largest absolute Gasteiger partial charge is 0.349 e. The highest BCUT2D eigenvalue weighted by Gasteiger charge is 2.11. The molecule has 7 heteroatoms. The zero-order valence-electron chi connectivity index (χ0n) is 13.8. The lowest BCUT2D eigenvalue weighted by Gasteiger charge is -2.10. The molecule has 0 bridgehead atoms. The number of hydrogen-bond acceptors (Lipinski definition) is 4. The molecular weight excluding hydrogens is 304 g/mol. The molecule has 3 heterocycles. The first kappa shape index (κ1) is 15.9. The summed E-state index contributed by atoms with van der Waals surface area (Å²) in [5, 5.41) is 7.11. The summed E-state index contributed by atoms with van der Waals surface area (Å²) >= 11 is 0. The molecule has 24 heavy (non-hydrogen) atoms. The van der Waals surface area contributed by atoms with E-state index in [9.17, 15) is 4.79 Å². The van der Waals surface area contributed by atoms with Crippen molar-refractivity contribution in [3.05, 3.63) is 54.4 Å². The molecule has 0 spiro atoms. The van der Waals surface area contributed by atoms with Crippen LogP contribution in [0, 0.1) is 6.92 Å². The van der Waals surface area contributed by atoms with Gasteiger partial charge in [-0.15, -0.1) is 0 Å². The summed E-state index contributed by atoms with van der Waals surface area (Å²) < 4.78 is 3.80. The number of carbonyl (C=O) groups excluding carboxylic acids is 1. The van der Waals surface area contributed by atoms with Gasteiger partial charge in [0.2, 0.25) is 0 Å². The van der Waals surface area contributed by atoms with Crippen molar-refractivity contribution in [3.63, 3.8) is 0 Å². The molecular formula is C17H20N6O. The number of aryl methyl sites for hydroxylation is 2. The first-order valence-corrected chi connectivity index (χ1v) is 7.93. The van der Waals surface area contributed by atoms with Crippen LogP contribution in [-0.2, 0) is 13.1 Å². The van der Waals surface area contributed by atoms with Crippen molar-refractivity contribution in [3.8, 4) is 11.4 Å². The van der Waals surface area contributed by atoms with Crippen molar-refractivity contribution in [1.82, 2.24) is 29.6 Å². The summed E-state index contributed by atoms with van der Waals surface area (Å²) in [4.78, 5) is 20.7. The number of imidazole rings is 1. The average Bonchev–Trinajstić information content (AvgIpc) is 3.23. The highest BCUT2D eigenvalue weighted by atomic mass is 16.1. The van der Waals surface area contributed by atoms with E-state index in [0.717, 1.165) is 23.6 Å². The van der Waals surface area contributed by atoms with Gasteiger partial charge in [-0.1, -0.05) is 0 Å². The fourth-order valence-electron chi connectivity index (χ4n) is 2.50. The highest BCUT2D eigenvalue weighted by Crippen LogP contribution is 2.17. The Labute approximate surface area is 140 Å². The Hall–Kier alpha value is -2.96. The molecule has 7 nitrogen and oxygen atoms in total. The molecule has 0 saturated carbocycles. The van der Waals surface area contributed by atoms with Crippen LogP contribution in [0.25, 0.3) is 11.4 Å². The number of nitrogens with zero attached hydrogens (tertiary/aromatic N) is 5. The summed E-state index contributed by atoms with van der Waals surface area (Å²) in [6.07, 6.45) is 7.15. The molecule has 0 unspecified atom stereocenters. The Balaban J connectivity index is 1.65. The summed E-state index contributed by atoms with van der Waals surface area (Å²) in [6, 6.07) is 5.58. The summed E-state index contributed by atoms with van der Waals surface area (Å²) in [5.74, 6) is 0.688. The molecule has 1 N–H and O–H groups in total. The third-order valence-corrected chi connectivity index (χ3v) is 3.79. The second-order valence-electron chi connectivity index (χ2n) is 5.43. The lowest BCUT2D eigenvalue weighted by atomic mass is 10.2.